The molecule has 0 saturated heterocycles. The van der Waals surface area contributed by atoms with Crippen LogP contribution in [-0.2, 0) is 11.4 Å². The summed E-state index contributed by atoms with van der Waals surface area (Å²) in [4.78, 5) is 29.2. The summed E-state index contributed by atoms with van der Waals surface area (Å²) in [6.07, 6.45) is 1.73. The normalized spacial score (nSPS) is 11.3. The first-order chi connectivity index (χ1) is 17.1. The van der Waals surface area contributed by atoms with Gasteiger partial charge in [-0.1, -0.05) is 60.7 Å². The van der Waals surface area contributed by atoms with E-state index in [0.29, 0.717) is 17.9 Å². The fourth-order valence-corrected chi connectivity index (χ4v) is 3.60. The molecule has 1 atom stereocenters. The lowest BCUT2D eigenvalue weighted by atomic mass is 10.0. The maximum Gasteiger partial charge on any atom is 0.251 e. The van der Waals surface area contributed by atoms with Crippen LogP contribution in [0.1, 0.15) is 34.6 Å². The Labute approximate surface area is 205 Å². The molecule has 0 aliphatic rings. The van der Waals surface area contributed by atoms with E-state index >= 15 is 0 Å². The fourth-order valence-electron chi connectivity index (χ4n) is 3.60. The first kappa shape index (κ1) is 23.7. The lowest BCUT2D eigenvalue weighted by Gasteiger charge is -2.16. The van der Waals surface area contributed by atoms with Crippen LogP contribution in [0.3, 0.4) is 0 Å². The van der Waals surface area contributed by atoms with Gasteiger partial charge in [0.2, 0.25) is 5.91 Å². The molecule has 0 saturated carbocycles. The van der Waals surface area contributed by atoms with E-state index in [-0.39, 0.29) is 24.4 Å². The predicted octanol–water partition coefficient (Wildman–Crippen LogP) is 4.93. The summed E-state index contributed by atoms with van der Waals surface area (Å²) in [5, 5.41) is 5.60. The lowest BCUT2D eigenvalue weighted by Crippen LogP contribution is -2.38. The molecular formula is C29H27N3O3. The maximum absolute atomic E-state index is 12.5. The van der Waals surface area contributed by atoms with Gasteiger partial charge in [-0.3, -0.25) is 14.6 Å². The fraction of sp³-hybridized carbons (Fsp3) is 0.138. The van der Waals surface area contributed by atoms with Crippen LogP contribution < -0.4 is 15.4 Å². The van der Waals surface area contributed by atoms with E-state index in [2.05, 4.69) is 15.6 Å². The molecule has 0 fully saturated rings. The third kappa shape index (κ3) is 6.77. The van der Waals surface area contributed by atoms with Crippen LogP contribution in [0.5, 0.6) is 5.75 Å². The average molecular weight is 466 g/mol. The SMILES string of the molecule is CC(NC(=O)CNC(=O)c1ccc(-c2ccccc2)cc1)c1cccc(OCc2ccccn2)c1. The summed E-state index contributed by atoms with van der Waals surface area (Å²) in [6.45, 7) is 2.14. The van der Waals surface area contributed by atoms with E-state index in [1.54, 1.807) is 18.3 Å². The molecule has 4 rings (SSSR count). The third-order valence-corrected chi connectivity index (χ3v) is 5.51. The standard InChI is InChI=1S/C29H27N3O3/c1-21(25-10-7-12-27(18-25)35-20-26-11-5-6-17-30-26)32-28(33)19-31-29(34)24-15-13-23(14-16-24)22-8-3-2-4-9-22/h2-18,21H,19-20H2,1H3,(H,31,34)(H,32,33). The van der Waals surface area contributed by atoms with E-state index in [1.165, 1.54) is 0 Å². The molecule has 6 heteroatoms. The van der Waals surface area contributed by atoms with Gasteiger partial charge >= 0.3 is 0 Å². The van der Waals surface area contributed by atoms with E-state index < -0.39 is 0 Å². The largest absolute Gasteiger partial charge is 0.487 e. The number of aromatic nitrogens is 1. The van der Waals surface area contributed by atoms with E-state index in [0.717, 1.165) is 22.4 Å². The topological polar surface area (TPSA) is 80.3 Å². The molecule has 1 aromatic heterocycles. The zero-order chi connectivity index (χ0) is 24.5. The first-order valence-corrected chi connectivity index (χ1v) is 11.4. The van der Waals surface area contributed by atoms with Crippen molar-refractivity contribution in [3.63, 3.8) is 0 Å². The number of ether oxygens (including phenoxy) is 1. The highest BCUT2D eigenvalue weighted by Gasteiger charge is 2.13. The zero-order valence-electron chi connectivity index (χ0n) is 19.5. The average Bonchev–Trinajstić information content (AvgIpc) is 2.92. The number of hydrogen-bond donors (Lipinski definition) is 2. The minimum Gasteiger partial charge on any atom is -0.487 e. The molecule has 0 aliphatic carbocycles. The summed E-state index contributed by atoms with van der Waals surface area (Å²) >= 11 is 0. The quantitative estimate of drug-likeness (QED) is 0.367. The van der Waals surface area contributed by atoms with Crippen molar-refractivity contribution in [2.75, 3.05) is 6.54 Å². The minimum absolute atomic E-state index is 0.112. The summed E-state index contributed by atoms with van der Waals surface area (Å²) in [5.41, 5.74) is 4.35. The van der Waals surface area contributed by atoms with Crippen LogP contribution in [0.15, 0.2) is 103 Å². The van der Waals surface area contributed by atoms with E-state index in [9.17, 15) is 9.59 Å². The van der Waals surface area contributed by atoms with Gasteiger partial charge in [-0.25, -0.2) is 0 Å². The molecule has 6 nitrogen and oxygen atoms in total. The van der Waals surface area contributed by atoms with Gasteiger partial charge in [-0.05, 0) is 60.0 Å². The number of rotatable bonds is 9. The molecule has 2 N–H and O–H groups in total. The highest BCUT2D eigenvalue weighted by Crippen LogP contribution is 2.20. The maximum atomic E-state index is 12.5. The molecule has 3 aromatic carbocycles. The Morgan fingerprint density at radius 3 is 2.34 bits per heavy atom. The van der Waals surface area contributed by atoms with E-state index in [4.69, 9.17) is 4.74 Å². The van der Waals surface area contributed by atoms with Crippen molar-refractivity contribution in [1.29, 1.82) is 0 Å². The second-order valence-electron chi connectivity index (χ2n) is 8.10. The summed E-state index contributed by atoms with van der Waals surface area (Å²) < 4.78 is 5.82. The van der Waals surface area contributed by atoms with Crippen molar-refractivity contribution in [3.05, 3.63) is 120 Å². The number of pyridine rings is 1. The van der Waals surface area contributed by atoms with Crippen LogP contribution in [0.4, 0.5) is 0 Å². The van der Waals surface area contributed by atoms with Crippen molar-refractivity contribution in [3.8, 4) is 16.9 Å². The Bertz CT molecular complexity index is 1260. The number of benzene rings is 3. The Morgan fingerprint density at radius 2 is 1.60 bits per heavy atom. The van der Waals surface area contributed by atoms with Crippen LogP contribution >= 0.6 is 0 Å². The van der Waals surface area contributed by atoms with Crippen molar-refractivity contribution in [1.82, 2.24) is 15.6 Å². The highest BCUT2D eigenvalue weighted by atomic mass is 16.5. The molecular weight excluding hydrogens is 438 g/mol. The monoisotopic (exact) mass is 465 g/mol. The number of nitrogens with one attached hydrogen (secondary N) is 2. The second-order valence-corrected chi connectivity index (χ2v) is 8.10. The second kappa shape index (κ2) is 11.6. The van der Waals surface area contributed by atoms with Crippen LogP contribution in [0.25, 0.3) is 11.1 Å². The summed E-state index contributed by atoms with van der Waals surface area (Å²) in [7, 11) is 0. The van der Waals surface area contributed by atoms with Crippen LogP contribution in [0.2, 0.25) is 0 Å². The van der Waals surface area contributed by atoms with Crippen LogP contribution in [0, 0.1) is 0 Å². The van der Waals surface area contributed by atoms with Gasteiger partial charge in [0.1, 0.15) is 12.4 Å². The number of hydrogen-bond acceptors (Lipinski definition) is 4. The first-order valence-electron chi connectivity index (χ1n) is 11.4. The molecule has 176 valence electrons. The third-order valence-electron chi connectivity index (χ3n) is 5.51. The van der Waals surface area contributed by atoms with Crippen molar-refractivity contribution in [2.24, 2.45) is 0 Å². The van der Waals surface area contributed by atoms with Crippen molar-refractivity contribution < 1.29 is 14.3 Å². The Balaban J connectivity index is 1.26. The van der Waals surface area contributed by atoms with E-state index in [1.807, 2.05) is 91.9 Å². The molecule has 2 amide bonds. The molecule has 0 spiro atoms. The summed E-state index contributed by atoms with van der Waals surface area (Å²) in [5.74, 6) is 0.130. The van der Waals surface area contributed by atoms with Gasteiger partial charge in [-0.2, -0.15) is 0 Å². The molecule has 0 aliphatic heterocycles. The van der Waals surface area contributed by atoms with Gasteiger partial charge in [0, 0.05) is 11.8 Å². The molecule has 0 bridgehead atoms. The number of carbonyl (C=O) groups is 2. The predicted molar refractivity (Wildman–Crippen MR) is 136 cm³/mol. The lowest BCUT2D eigenvalue weighted by molar-refractivity contribution is -0.120. The molecule has 1 unspecified atom stereocenters. The Morgan fingerprint density at radius 1 is 0.857 bits per heavy atom. The summed E-state index contributed by atoms with van der Waals surface area (Å²) in [6, 6.07) is 30.2. The molecule has 1 heterocycles. The molecule has 4 aromatic rings. The highest BCUT2D eigenvalue weighted by molar-refractivity contribution is 5.96. The van der Waals surface area contributed by atoms with Crippen molar-refractivity contribution >= 4 is 11.8 Å². The van der Waals surface area contributed by atoms with Crippen molar-refractivity contribution in [2.45, 2.75) is 19.6 Å². The van der Waals surface area contributed by atoms with Gasteiger partial charge in [0.25, 0.3) is 5.91 Å². The number of carbonyl (C=O) groups excluding carboxylic acids is 2. The number of amides is 2. The van der Waals surface area contributed by atoms with Crippen LogP contribution in [-0.4, -0.2) is 23.3 Å². The minimum atomic E-state index is -0.294. The smallest absolute Gasteiger partial charge is 0.251 e. The zero-order valence-corrected chi connectivity index (χ0v) is 19.5. The Kier molecular flexibility index (Phi) is 7.86. The van der Waals surface area contributed by atoms with Gasteiger partial charge in [-0.15, -0.1) is 0 Å². The molecule has 35 heavy (non-hydrogen) atoms. The van der Waals surface area contributed by atoms with Gasteiger partial charge in [0.05, 0.1) is 18.3 Å². The van der Waals surface area contributed by atoms with Gasteiger partial charge in [0.15, 0.2) is 0 Å². The Hall–Kier alpha value is -4.45. The van der Waals surface area contributed by atoms with Gasteiger partial charge < -0.3 is 15.4 Å². The number of nitrogens with zero attached hydrogens (tertiary/aromatic N) is 1. The molecule has 0 radical (unpaired) electrons.